The summed E-state index contributed by atoms with van der Waals surface area (Å²) in [5, 5.41) is -0.499. The zero-order valence-electron chi connectivity index (χ0n) is 16.5. The van der Waals surface area contributed by atoms with E-state index in [1.54, 1.807) is 23.6 Å². The maximum absolute atomic E-state index is 14.1. The van der Waals surface area contributed by atoms with Gasteiger partial charge in [-0.2, -0.15) is 0 Å². The fraction of sp³-hybridized carbons (Fsp3) is 0.250. The monoisotopic (exact) mass is 455 g/mol. The van der Waals surface area contributed by atoms with Crippen molar-refractivity contribution in [3.63, 3.8) is 0 Å². The Morgan fingerprint density at radius 2 is 1.87 bits per heavy atom. The van der Waals surface area contributed by atoms with Gasteiger partial charge < -0.3 is 4.74 Å². The molecule has 3 aromatic rings. The lowest BCUT2D eigenvalue weighted by molar-refractivity contribution is 0.408. The van der Waals surface area contributed by atoms with Crippen molar-refractivity contribution in [3.8, 4) is 11.8 Å². The van der Waals surface area contributed by atoms with Crippen LogP contribution in [0.25, 0.3) is 0 Å². The van der Waals surface area contributed by atoms with E-state index in [0.717, 1.165) is 5.56 Å². The molecular weight excluding hydrogens is 436 g/mol. The van der Waals surface area contributed by atoms with Crippen LogP contribution in [0.4, 0.5) is 8.78 Å². The van der Waals surface area contributed by atoms with Gasteiger partial charge in [-0.15, -0.1) is 0 Å². The largest absolute Gasteiger partial charge is 0.426 e. The highest BCUT2D eigenvalue weighted by Gasteiger charge is 2.26. The number of hydrogen-bond acceptors (Lipinski definition) is 4. The summed E-state index contributed by atoms with van der Waals surface area (Å²) in [6.07, 6.45) is 1.47. The molecule has 0 bridgehead atoms. The third-order valence-corrected chi connectivity index (χ3v) is 6.28. The van der Waals surface area contributed by atoms with Crippen LogP contribution in [0.15, 0.2) is 47.5 Å². The number of ether oxygens (including phenoxy) is 1. The molecule has 1 N–H and O–H groups in total. The van der Waals surface area contributed by atoms with E-state index in [1.165, 1.54) is 6.20 Å². The quantitative estimate of drug-likeness (QED) is 0.510. The summed E-state index contributed by atoms with van der Waals surface area (Å²) >= 11 is 5.50. The third-order valence-electron chi connectivity index (χ3n) is 4.44. The number of rotatable bonds is 7. The Morgan fingerprint density at radius 3 is 2.50 bits per heavy atom. The summed E-state index contributed by atoms with van der Waals surface area (Å²) in [4.78, 5) is 3.40. The highest BCUT2D eigenvalue weighted by atomic mass is 35.5. The molecule has 0 radical (unpaired) electrons. The molecule has 0 fully saturated rings. The number of aromatic nitrogens is 2. The van der Waals surface area contributed by atoms with Gasteiger partial charge in [-0.1, -0.05) is 29.3 Å². The van der Waals surface area contributed by atoms with Crippen molar-refractivity contribution in [2.24, 2.45) is 0 Å². The second-order valence-corrected chi connectivity index (χ2v) is 8.75. The molecule has 1 atom stereocenters. The fourth-order valence-electron chi connectivity index (χ4n) is 2.89. The molecule has 30 heavy (non-hydrogen) atoms. The van der Waals surface area contributed by atoms with Crippen LogP contribution in [0, 0.1) is 18.6 Å². The molecule has 0 saturated heterocycles. The third kappa shape index (κ3) is 4.63. The van der Waals surface area contributed by atoms with E-state index >= 15 is 0 Å². The smallest absolute Gasteiger partial charge is 0.302 e. The molecule has 160 valence electrons. The standard InChI is InChI=1S/C20H20ClF2N3O3S/c1-4-26-18(11-24-20(26)29-14-7-5-12(2)6-8-14)13(3)25-30(27,28)19-10-16(22)15(21)9-17(19)23/h5-11,13,25H,4H2,1-3H3. The second kappa shape index (κ2) is 8.71. The number of hydrogen-bond donors (Lipinski definition) is 1. The van der Waals surface area contributed by atoms with E-state index in [2.05, 4.69) is 9.71 Å². The number of imidazole rings is 1. The van der Waals surface area contributed by atoms with Gasteiger partial charge in [0, 0.05) is 6.54 Å². The minimum atomic E-state index is -4.36. The van der Waals surface area contributed by atoms with E-state index in [1.807, 2.05) is 26.0 Å². The Hall–Kier alpha value is -2.49. The number of benzene rings is 2. The van der Waals surface area contributed by atoms with Crippen LogP contribution < -0.4 is 9.46 Å². The molecule has 1 heterocycles. The van der Waals surface area contributed by atoms with Crippen LogP contribution in [-0.4, -0.2) is 18.0 Å². The summed E-state index contributed by atoms with van der Waals surface area (Å²) < 4.78 is 62.8. The first kappa shape index (κ1) is 22.2. The van der Waals surface area contributed by atoms with Gasteiger partial charge in [-0.05, 0) is 45.0 Å². The molecule has 0 spiro atoms. The van der Waals surface area contributed by atoms with Crippen molar-refractivity contribution in [1.29, 1.82) is 0 Å². The van der Waals surface area contributed by atoms with Gasteiger partial charge >= 0.3 is 6.01 Å². The number of nitrogens with zero attached hydrogens (tertiary/aromatic N) is 2. The Kier molecular flexibility index (Phi) is 6.44. The van der Waals surface area contributed by atoms with Crippen molar-refractivity contribution >= 4 is 21.6 Å². The van der Waals surface area contributed by atoms with Crippen molar-refractivity contribution < 1.29 is 21.9 Å². The molecule has 6 nitrogen and oxygen atoms in total. The molecule has 0 aliphatic heterocycles. The SMILES string of the molecule is CCn1c(C(C)NS(=O)(=O)c2cc(F)c(Cl)cc2F)cnc1Oc1ccc(C)cc1. The molecule has 0 aliphatic rings. The summed E-state index contributed by atoms with van der Waals surface area (Å²) in [5.74, 6) is -1.59. The summed E-state index contributed by atoms with van der Waals surface area (Å²) in [6.45, 7) is 5.83. The molecular formula is C20H20ClF2N3O3S. The Labute approximate surface area is 178 Å². The molecule has 3 rings (SSSR count). The van der Waals surface area contributed by atoms with Gasteiger partial charge in [0.1, 0.15) is 22.3 Å². The van der Waals surface area contributed by atoms with E-state index in [4.69, 9.17) is 16.3 Å². The first-order valence-electron chi connectivity index (χ1n) is 9.09. The number of aryl methyl sites for hydroxylation is 1. The summed E-state index contributed by atoms with van der Waals surface area (Å²) in [5.41, 5.74) is 1.58. The zero-order chi connectivity index (χ0) is 22.1. The van der Waals surface area contributed by atoms with Crippen molar-refractivity contribution in [1.82, 2.24) is 14.3 Å². The second-order valence-electron chi connectivity index (χ2n) is 6.66. The van der Waals surface area contributed by atoms with Crippen LogP contribution >= 0.6 is 11.6 Å². The predicted octanol–water partition coefficient (Wildman–Crippen LogP) is 4.97. The predicted molar refractivity (Wildman–Crippen MR) is 109 cm³/mol. The van der Waals surface area contributed by atoms with Crippen LogP contribution in [0.5, 0.6) is 11.8 Å². The van der Waals surface area contributed by atoms with E-state index < -0.39 is 37.6 Å². The average Bonchev–Trinajstić information content (AvgIpc) is 3.08. The van der Waals surface area contributed by atoms with Crippen LogP contribution in [0.2, 0.25) is 5.02 Å². The minimum absolute atomic E-state index is 0.283. The van der Waals surface area contributed by atoms with Crippen LogP contribution in [0.3, 0.4) is 0 Å². The molecule has 0 amide bonds. The van der Waals surface area contributed by atoms with Gasteiger partial charge in [-0.25, -0.2) is 26.9 Å². The van der Waals surface area contributed by atoms with Gasteiger partial charge in [0.2, 0.25) is 10.0 Å². The van der Waals surface area contributed by atoms with E-state index in [0.29, 0.717) is 30.1 Å². The Morgan fingerprint density at radius 1 is 1.20 bits per heavy atom. The topological polar surface area (TPSA) is 73.2 Å². The first-order valence-corrected chi connectivity index (χ1v) is 10.9. The van der Waals surface area contributed by atoms with Crippen molar-refractivity contribution in [2.45, 2.75) is 38.3 Å². The zero-order valence-corrected chi connectivity index (χ0v) is 18.1. The van der Waals surface area contributed by atoms with Crippen molar-refractivity contribution in [2.75, 3.05) is 0 Å². The maximum atomic E-state index is 14.1. The fourth-order valence-corrected chi connectivity index (χ4v) is 4.33. The number of sulfonamides is 1. The molecule has 1 aromatic heterocycles. The molecule has 10 heteroatoms. The van der Waals surface area contributed by atoms with Gasteiger partial charge in [0.05, 0.1) is 23.0 Å². The number of halogens is 3. The normalized spacial score (nSPS) is 12.7. The van der Waals surface area contributed by atoms with Gasteiger partial charge in [-0.3, -0.25) is 4.57 Å². The Bertz CT molecular complexity index is 1160. The first-order chi connectivity index (χ1) is 14.1. The number of nitrogens with one attached hydrogen (secondary N) is 1. The summed E-state index contributed by atoms with van der Waals surface area (Å²) in [6, 6.07) is 8.05. The molecule has 2 aromatic carbocycles. The maximum Gasteiger partial charge on any atom is 0.302 e. The molecule has 1 unspecified atom stereocenters. The van der Waals surface area contributed by atoms with E-state index in [-0.39, 0.29) is 6.01 Å². The average molecular weight is 456 g/mol. The lowest BCUT2D eigenvalue weighted by Gasteiger charge is -2.17. The van der Waals surface area contributed by atoms with Gasteiger partial charge in [0.15, 0.2) is 0 Å². The highest BCUT2D eigenvalue weighted by Crippen LogP contribution is 2.27. The van der Waals surface area contributed by atoms with E-state index in [9.17, 15) is 17.2 Å². The summed E-state index contributed by atoms with van der Waals surface area (Å²) in [7, 11) is -4.36. The minimum Gasteiger partial charge on any atom is -0.426 e. The lowest BCUT2D eigenvalue weighted by Crippen LogP contribution is -2.29. The van der Waals surface area contributed by atoms with Crippen LogP contribution in [-0.2, 0) is 16.6 Å². The molecule has 0 saturated carbocycles. The lowest BCUT2D eigenvalue weighted by atomic mass is 10.2. The molecule has 0 aliphatic carbocycles. The Balaban J connectivity index is 1.86. The van der Waals surface area contributed by atoms with Gasteiger partial charge in [0.25, 0.3) is 0 Å². The highest BCUT2D eigenvalue weighted by molar-refractivity contribution is 7.89. The van der Waals surface area contributed by atoms with Crippen molar-refractivity contribution in [3.05, 3.63) is 70.5 Å². The van der Waals surface area contributed by atoms with Crippen LogP contribution in [0.1, 0.15) is 31.1 Å².